The van der Waals surface area contributed by atoms with Crippen LogP contribution in [0.1, 0.15) is 0 Å². The molecule has 6 heteroatoms. The van der Waals surface area contributed by atoms with Crippen molar-refractivity contribution in [3.05, 3.63) is 53.7 Å². The van der Waals surface area contributed by atoms with Gasteiger partial charge in [-0.2, -0.15) is 9.97 Å². The monoisotopic (exact) mass is 283 g/mol. The molecule has 20 heavy (non-hydrogen) atoms. The average molecular weight is 284 g/mol. The zero-order valence-electron chi connectivity index (χ0n) is 10.4. The molecule has 3 rings (SSSR count). The molecule has 0 aliphatic heterocycles. The van der Waals surface area contributed by atoms with Crippen molar-refractivity contribution in [3.8, 4) is 22.9 Å². The van der Waals surface area contributed by atoms with Crippen LogP contribution in [0.15, 0.2) is 48.7 Å². The second-order valence-electron chi connectivity index (χ2n) is 4.07. The summed E-state index contributed by atoms with van der Waals surface area (Å²) in [5.74, 6) is 1.10. The SMILES string of the molecule is Nc1nc(-c2ccccc2)nc(-c2ccc(Cl)cn2)n1. The summed E-state index contributed by atoms with van der Waals surface area (Å²) in [5.41, 5.74) is 7.22. The number of rotatable bonds is 2. The molecule has 2 aromatic heterocycles. The molecule has 0 spiro atoms. The molecule has 98 valence electrons. The highest BCUT2D eigenvalue weighted by Gasteiger charge is 2.09. The first-order valence-corrected chi connectivity index (χ1v) is 6.29. The van der Waals surface area contributed by atoms with Crippen LogP contribution in [0, 0.1) is 0 Å². The average Bonchev–Trinajstić information content (AvgIpc) is 2.48. The van der Waals surface area contributed by atoms with Crippen molar-refractivity contribution >= 4 is 17.5 Å². The van der Waals surface area contributed by atoms with Gasteiger partial charge in [0.25, 0.3) is 0 Å². The van der Waals surface area contributed by atoms with Gasteiger partial charge in [0, 0.05) is 11.8 Å². The Balaban J connectivity index is 2.09. The summed E-state index contributed by atoms with van der Waals surface area (Å²) < 4.78 is 0. The quantitative estimate of drug-likeness (QED) is 0.782. The number of benzene rings is 1. The van der Waals surface area contributed by atoms with Crippen LogP contribution < -0.4 is 5.73 Å². The Morgan fingerprint density at radius 3 is 2.30 bits per heavy atom. The van der Waals surface area contributed by atoms with Crippen LogP contribution in [0.3, 0.4) is 0 Å². The first-order chi connectivity index (χ1) is 9.72. The fourth-order valence-corrected chi connectivity index (χ4v) is 1.84. The Morgan fingerprint density at radius 2 is 1.60 bits per heavy atom. The third kappa shape index (κ3) is 2.57. The van der Waals surface area contributed by atoms with Gasteiger partial charge in [-0.3, -0.25) is 4.98 Å². The third-order valence-corrected chi connectivity index (χ3v) is 2.86. The van der Waals surface area contributed by atoms with Gasteiger partial charge >= 0.3 is 0 Å². The normalized spacial score (nSPS) is 10.4. The van der Waals surface area contributed by atoms with Crippen molar-refractivity contribution in [2.24, 2.45) is 0 Å². The largest absolute Gasteiger partial charge is 0.368 e. The van der Waals surface area contributed by atoms with E-state index in [1.807, 2.05) is 30.3 Å². The number of hydrogen-bond donors (Lipinski definition) is 1. The summed E-state index contributed by atoms with van der Waals surface area (Å²) in [6.45, 7) is 0. The molecular weight excluding hydrogens is 274 g/mol. The lowest BCUT2D eigenvalue weighted by molar-refractivity contribution is 1.06. The number of anilines is 1. The number of aromatic nitrogens is 4. The lowest BCUT2D eigenvalue weighted by Gasteiger charge is -2.04. The maximum atomic E-state index is 5.82. The minimum atomic E-state index is 0.158. The van der Waals surface area contributed by atoms with Crippen LogP contribution in [0.4, 0.5) is 5.95 Å². The van der Waals surface area contributed by atoms with E-state index in [4.69, 9.17) is 17.3 Å². The molecule has 5 nitrogen and oxygen atoms in total. The molecule has 0 saturated carbocycles. The Labute approximate surface area is 120 Å². The van der Waals surface area contributed by atoms with E-state index in [-0.39, 0.29) is 5.95 Å². The molecule has 2 heterocycles. The third-order valence-electron chi connectivity index (χ3n) is 2.64. The topological polar surface area (TPSA) is 77.6 Å². The summed E-state index contributed by atoms with van der Waals surface area (Å²) in [4.78, 5) is 16.8. The van der Waals surface area contributed by atoms with Gasteiger partial charge in [-0.1, -0.05) is 41.9 Å². The van der Waals surface area contributed by atoms with Crippen molar-refractivity contribution in [1.82, 2.24) is 19.9 Å². The number of nitrogens with two attached hydrogens (primary N) is 1. The van der Waals surface area contributed by atoms with E-state index < -0.39 is 0 Å². The summed E-state index contributed by atoms with van der Waals surface area (Å²) in [7, 11) is 0. The van der Waals surface area contributed by atoms with E-state index in [0.29, 0.717) is 22.4 Å². The highest BCUT2D eigenvalue weighted by molar-refractivity contribution is 6.30. The van der Waals surface area contributed by atoms with Gasteiger partial charge < -0.3 is 5.73 Å². The molecule has 0 bridgehead atoms. The molecule has 0 saturated heterocycles. The lowest BCUT2D eigenvalue weighted by atomic mass is 10.2. The first kappa shape index (κ1) is 12.5. The van der Waals surface area contributed by atoms with Gasteiger partial charge in [0.2, 0.25) is 5.95 Å². The summed E-state index contributed by atoms with van der Waals surface area (Å²) in [5, 5.41) is 0.555. The van der Waals surface area contributed by atoms with Crippen molar-refractivity contribution in [2.45, 2.75) is 0 Å². The molecule has 0 fully saturated rings. The van der Waals surface area contributed by atoms with E-state index in [1.165, 1.54) is 0 Å². The predicted molar refractivity (Wildman–Crippen MR) is 77.9 cm³/mol. The van der Waals surface area contributed by atoms with Crippen molar-refractivity contribution in [2.75, 3.05) is 5.73 Å². The van der Waals surface area contributed by atoms with E-state index in [9.17, 15) is 0 Å². The van der Waals surface area contributed by atoms with E-state index in [1.54, 1.807) is 18.3 Å². The molecule has 0 unspecified atom stereocenters. The molecule has 0 aliphatic rings. The lowest BCUT2D eigenvalue weighted by Crippen LogP contribution is -2.02. The molecular formula is C14H10ClN5. The standard InChI is InChI=1S/C14H10ClN5/c15-10-6-7-11(17-8-10)13-18-12(19-14(16)20-13)9-4-2-1-3-5-9/h1-8H,(H2,16,18,19,20). The molecule has 2 N–H and O–H groups in total. The zero-order valence-corrected chi connectivity index (χ0v) is 11.1. The van der Waals surface area contributed by atoms with Gasteiger partial charge in [-0.15, -0.1) is 0 Å². The minimum absolute atomic E-state index is 0.158. The molecule has 0 radical (unpaired) electrons. The second-order valence-corrected chi connectivity index (χ2v) is 4.50. The summed E-state index contributed by atoms with van der Waals surface area (Å²) in [6.07, 6.45) is 1.54. The summed E-state index contributed by atoms with van der Waals surface area (Å²) >= 11 is 5.82. The van der Waals surface area contributed by atoms with E-state index in [2.05, 4.69) is 19.9 Å². The van der Waals surface area contributed by atoms with Gasteiger partial charge in [0.1, 0.15) is 5.69 Å². The first-order valence-electron chi connectivity index (χ1n) is 5.91. The fraction of sp³-hybridized carbons (Fsp3) is 0. The number of nitrogen functional groups attached to an aromatic ring is 1. The van der Waals surface area contributed by atoms with Gasteiger partial charge in [0.15, 0.2) is 11.6 Å². The van der Waals surface area contributed by atoms with E-state index >= 15 is 0 Å². The van der Waals surface area contributed by atoms with Crippen LogP contribution in [-0.4, -0.2) is 19.9 Å². The van der Waals surface area contributed by atoms with Gasteiger partial charge in [0.05, 0.1) is 5.02 Å². The fourth-order valence-electron chi connectivity index (χ4n) is 1.73. The molecule has 0 atom stereocenters. The Kier molecular flexibility index (Phi) is 3.26. The second kappa shape index (κ2) is 5.22. The van der Waals surface area contributed by atoms with Crippen LogP contribution in [-0.2, 0) is 0 Å². The van der Waals surface area contributed by atoms with Crippen LogP contribution in [0.2, 0.25) is 5.02 Å². The van der Waals surface area contributed by atoms with Gasteiger partial charge in [-0.25, -0.2) is 4.98 Å². The minimum Gasteiger partial charge on any atom is -0.368 e. The van der Waals surface area contributed by atoms with Gasteiger partial charge in [-0.05, 0) is 12.1 Å². The predicted octanol–water partition coefficient (Wildman–Crippen LogP) is 2.84. The van der Waals surface area contributed by atoms with Crippen LogP contribution in [0.25, 0.3) is 22.9 Å². The van der Waals surface area contributed by atoms with Crippen molar-refractivity contribution < 1.29 is 0 Å². The van der Waals surface area contributed by atoms with Crippen molar-refractivity contribution in [3.63, 3.8) is 0 Å². The van der Waals surface area contributed by atoms with Crippen LogP contribution in [0.5, 0.6) is 0 Å². The number of nitrogens with zero attached hydrogens (tertiary/aromatic N) is 4. The number of pyridine rings is 1. The number of halogens is 1. The molecule has 3 aromatic rings. The van der Waals surface area contributed by atoms with Crippen molar-refractivity contribution in [1.29, 1.82) is 0 Å². The molecule has 1 aromatic carbocycles. The smallest absolute Gasteiger partial charge is 0.224 e. The highest BCUT2D eigenvalue weighted by atomic mass is 35.5. The number of hydrogen-bond acceptors (Lipinski definition) is 5. The van der Waals surface area contributed by atoms with Crippen LogP contribution >= 0.6 is 11.6 Å². The maximum absolute atomic E-state index is 5.82. The Hall–Kier alpha value is -2.53. The maximum Gasteiger partial charge on any atom is 0.224 e. The molecule has 0 amide bonds. The molecule has 0 aliphatic carbocycles. The highest BCUT2D eigenvalue weighted by Crippen LogP contribution is 2.20. The Morgan fingerprint density at radius 1 is 0.850 bits per heavy atom. The van der Waals surface area contributed by atoms with E-state index in [0.717, 1.165) is 5.56 Å². The summed E-state index contributed by atoms with van der Waals surface area (Å²) in [6, 6.07) is 13.0. The zero-order chi connectivity index (χ0) is 13.9. The Bertz CT molecular complexity index is 728.